The average Bonchev–Trinajstić information content (AvgIpc) is 2.39. The SMILES string of the molecule is CCC(C)N(CCOC)c1ccc(F)cc1[C@H](C)N. The molecule has 0 saturated carbocycles. The molecule has 4 heteroatoms. The number of rotatable bonds is 7. The first-order valence-corrected chi connectivity index (χ1v) is 6.81. The monoisotopic (exact) mass is 268 g/mol. The van der Waals surface area contributed by atoms with Gasteiger partial charge in [-0.05, 0) is 44.0 Å². The van der Waals surface area contributed by atoms with Gasteiger partial charge >= 0.3 is 0 Å². The Morgan fingerprint density at radius 1 is 1.37 bits per heavy atom. The van der Waals surface area contributed by atoms with E-state index in [9.17, 15) is 4.39 Å². The minimum Gasteiger partial charge on any atom is -0.383 e. The summed E-state index contributed by atoms with van der Waals surface area (Å²) >= 11 is 0. The number of methoxy groups -OCH3 is 1. The van der Waals surface area contributed by atoms with Gasteiger partial charge in [0.1, 0.15) is 5.82 Å². The van der Waals surface area contributed by atoms with Crippen molar-refractivity contribution in [3.8, 4) is 0 Å². The number of nitrogens with two attached hydrogens (primary N) is 1. The molecule has 0 amide bonds. The summed E-state index contributed by atoms with van der Waals surface area (Å²) in [5, 5.41) is 0. The summed E-state index contributed by atoms with van der Waals surface area (Å²) in [6.07, 6.45) is 1.01. The van der Waals surface area contributed by atoms with E-state index in [0.29, 0.717) is 12.6 Å². The van der Waals surface area contributed by atoms with Crippen molar-refractivity contribution in [3.05, 3.63) is 29.6 Å². The maximum atomic E-state index is 13.4. The van der Waals surface area contributed by atoms with E-state index in [1.54, 1.807) is 7.11 Å². The predicted octanol–water partition coefficient (Wildman–Crippen LogP) is 3.10. The summed E-state index contributed by atoms with van der Waals surface area (Å²) in [5.74, 6) is -0.244. The van der Waals surface area contributed by atoms with Crippen molar-refractivity contribution in [1.82, 2.24) is 0 Å². The zero-order valence-corrected chi connectivity index (χ0v) is 12.3. The zero-order chi connectivity index (χ0) is 14.4. The molecule has 0 aromatic heterocycles. The highest BCUT2D eigenvalue weighted by atomic mass is 19.1. The summed E-state index contributed by atoms with van der Waals surface area (Å²) in [6.45, 7) is 7.59. The lowest BCUT2D eigenvalue weighted by Gasteiger charge is -2.33. The van der Waals surface area contributed by atoms with Crippen LogP contribution in [-0.2, 0) is 4.74 Å². The fourth-order valence-corrected chi connectivity index (χ4v) is 2.14. The van der Waals surface area contributed by atoms with Gasteiger partial charge in [-0.2, -0.15) is 0 Å². The minimum atomic E-state index is -0.244. The smallest absolute Gasteiger partial charge is 0.123 e. The van der Waals surface area contributed by atoms with Gasteiger partial charge < -0.3 is 15.4 Å². The van der Waals surface area contributed by atoms with Crippen molar-refractivity contribution in [2.45, 2.75) is 39.3 Å². The summed E-state index contributed by atoms with van der Waals surface area (Å²) in [4.78, 5) is 2.24. The van der Waals surface area contributed by atoms with E-state index in [0.717, 1.165) is 24.2 Å². The van der Waals surface area contributed by atoms with Crippen LogP contribution in [0, 0.1) is 5.82 Å². The average molecular weight is 268 g/mol. The Morgan fingerprint density at radius 3 is 2.58 bits per heavy atom. The van der Waals surface area contributed by atoms with Crippen molar-refractivity contribution in [3.63, 3.8) is 0 Å². The Hall–Kier alpha value is -1.13. The molecule has 1 aromatic rings. The molecular weight excluding hydrogens is 243 g/mol. The molecule has 1 aromatic carbocycles. The number of hydrogen-bond acceptors (Lipinski definition) is 3. The highest BCUT2D eigenvalue weighted by molar-refractivity contribution is 5.55. The van der Waals surface area contributed by atoms with Gasteiger partial charge in [-0.3, -0.25) is 0 Å². The Bertz CT molecular complexity index is 396. The van der Waals surface area contributed by atoms with Crippen molar-refractivity contribution in [2.75, 3.05) is 25.2 Å². The van der Waals surface area contributed by atoms with Crippen molar-refractivity contribution >= 4 is 5.69 Å². The molecule has 19 heavy (non-hydrogen) atoms. The topological polar surface area (TPSA) is 38.5 Å². The largest absolute Gasteiger partial charge is 0.383 e. The normalized spacial score (nSPS) is 14.2. The van der Waals surface area contributed by atoms with Crippen LogP contribution < -0.4 is 10.6 Å². The lowest BCUT2D eigenvalue weighted by Crippen LogP contribution is -2.36. The van der Waals surface area contributed by atoms with Crippen LogP contribution in [0.15, 0.2) is 18.2 Å². The van der Waals surface area contributed by atoms with E-state index in [1.807, 2.05) is 13.0 Å². The van der Waals surface area contributed by atoms with E-state index in [-0.39, 0.29) is 11.9 Å². The highest BCUT2D eigenvalue weighted by Crippen LogP contribution is 2.28. The molecule has 2 atom stereocenters. The van der Waals surface area contributed by atoms with E-state index >= 15 is 0 Å². The Kier molecular flexibility index (Phi) is 6.25. The van der Waals surface area contributed by atoms with Gasteiger partial charge in [0.2, 0.25) is 0 Å². The quantitative estimate of drug-likeness (QED) is 0.826. The highest BCUT2D eigenvalue weighted by Gasteiger charge is 2.18. The van der Waals surface area contributed by atoms with Crippen LogP contribution in [0.3, 0.4) is 0 Å². The second-order valence-electron chi connectivity index (χ2n) is 4.94. The second-order valence-corrected chi connectivity index (χ2v) is 4.94. The molecular formula is C15H25FN2O. The van der Waals surface area contributed by atoms with Crippen molar-refractivity contribution < 1.29 is 9.13 Å². The fraction of sp³-hybridized carbons (Fsp3) is 0.600. The van der Waals surface area contributed by atoms with E-state index in [1.165, 1.54) is 12.1 Å². The summed E-state index contributed by atoms with van der Waals surface area (Å²) < 4.78 is 18.6. The van der Waals surface area contributed by atoms with Gasteiger partial charge in [0.05, 0.1) is 6.61 Å². The Labute approximate surface area is 115 Å². The van der Waals surface area contributed by atoms with E-state index < -0.39 is 0 Å². The molecule has 0 aliphatic heterocycles. The first-order chi connectivity index (χ1) is 9.01. The van der Waals surface area contributed by atoms with Crippen LogP contribution in [0.25, 0.3) is 0 Å². The van der Waals surface area contributed by atoms with Crippen LogP contribution in [0.5, 0.6) is 0 Å². The Morgan fingerprint density at radius 2 is 2.05 bits per heavy atom. The van der Waals surface area contributed by atoms with E-state index in [2.05, 4.69) is 18.7 Å². The van der Waals surface area contributed by atoms with Gasteiger partial charge in [0.15, 0.2) is 0 Å². The molecule has 2 N–H and O–H groups in total. The Balaban J connectivity index is 3.13. The molecule has 0 bridgehead atoms. The van der Waals surface area contributed by atoms with Crippen molar-refractivity contribution in [2.24, 2.45) is 5.73 Å². The molecule has 108 valence electrons. The van der Waals surface area contributed by atoms with Crippen LogP contribution in [0.4, 0.5) is 10.1 Å². The molecule has 0 saturated heterocycles. The summed E-state index contributed by atoms with van der Waals surface area (Å²) in [5.41, 5.74) is 7.81. The van der Waals surface area contributed by atoms with Gasteiger partial charge in [-0.15, -0.1) is 0 Å². The van der Waals surface area contributed by atoms with Gasteiger partial charge in [0, 0.05) is 31.4 Å². The second kappa shape index (κ2) is 7.46. The molecule has 3 nitrogen and oxygen atoms in total. The van der Waals surface area contributed by atoms with Gasteiger partial charge in [-0.1, -0.05) is 6.92 Å². The molecule has 0 heterocycles. The molecule has 0 fully saturated rings. The van der Waals surface area contributed by atoms with Crippen LogP contribution in [0.1, 0.15) is 38.8 Å². The minimum absolute atomic E-state index is 0.195. The fourth-order valence-electron chi connectivity index (χ4n) is 2.14. The number of halogens is 1. The first kappa shape index (κ1) is 15.9. The molecule has 1 rings (SSSR count). The maximum Gasteiger partial charge on any atom is 0.123 e. The van der Waals surface area contributed by atoms with Crippen molar-refractivity contribution in [1.29, 1.82) is 0 Å². The summed E-state index contributed by atoms with van der Waals surface area (Å²) in [6, 6.07) is 5.00. The molecule has 0 radical (unpaired) electrons. The number of nitrogens with zero attached hydrogens (tertiary/aromatic N) is 1. The number of hydrogen-bond donors (Lipinski definition) is 1. The lowest BCUT2D eigenvalue weighted by molar-refractivity contribution is 0.203. The van der Waals surface area contributed by atoms with Crippen LogP contribution in [0.2, 0.25) is 0 Å². The predicted molar refractivity (Wildman–Crippen MR) is 78.0 cm³/mol. The van der Waals surface area contributed by atoms with Crippen LogP contribution in [-0.4, -0.2) is 26.3 Å². The first-order valence-electron chi connectivity index (χ1n) is 6.81. The third-order valence-electron chi connectivity index (χ3n) is 3.45. The third-order valence-corrected chi connectivity index (χ3v) is 3.45. The number of ether oxygens (including phenoxy) is 1. The number of benzene rings is 1. The molecule has 0 aliphatic carbocycles. The maximum absolute atomic E-state index is 13.4. The molecule has 1 unspecified atom stereocenters. The van der Waals surface area contributed by atoms with Gasteiger partial charge in [-0.25, -0.2) is 4.39 Å². The summed E-state index contributed by atoms with van der Waals surface area (Å²) in [7, 11) is 1.69. The van der Waals surface area contributed by atoms with Gasteiger partial charge in [0.25, 0.3) is 0 Å². The number of anilines is 1. The zero-order valence-electron chi connectivity index (χ0n) is 12.3. The van der Waals surface area contributed by atoms with Crippen LogP contribution >= 0.6 is 0 Å². The third kappa shape index (κ3) is 4.18. The van der Waals surface area contributed by atoms with E-state index in [4.69, 9.17) is 10.5 Å². The molecule has 0 aliphatic rings. The molecule has 0 spiro atoms. The lowest BCUT2D eigenvalue weighted by atomic mass is 10.0. The standard InChI is InChI=1S/C15H25FN2O/c1-5-11(2)18(8-9-19-4)15-7-6-13(16)10-14(15)12(3)17/h6-7,10-12H,5,8-9,17H2,1-4H3/t11?,12-/m0/s1.